The predicted octanol–water partition coefficient (Wildman–Crippen LogP) is 2.74. The number of alkyl halides is 3. The zero-order chi connectivity index (χ0) is 15.2. The Balaban J connectivity index is 2.78. The van der Waals surface area contributed by atoms with E-state index in [1.807, 2.05) is 0 Å². The van der Waals surface area contributed by atoms with Crippen molar-refractivity contribution in [3.63, 3.8) is 0 Å². The molecular formula is C10H3F7N2O. The SMILES string of the molecule is O=c1c(C(F)(F)F)c[nH]n1-c1c(F)c(F)cc(F)c1F. The molecule has 1 aromatic heterocycles. The third-order valence-corrected chi connectivity index (χ3v) is 2.39. The first-order valence-electron chi connectivity index (χ1n) is 4.85. The summed E-state index contributed by atoms with van der Waals surface area (Å²) in [5.41, 5.74) is -5.25. The van der Waals surface area contributed by atoms with Crippen molar-refractivity contribution < 1.29 is 30.7 Å². The maximum Gasteiger partial charge on any atom is 0.423 e. The average Bonchev–Trinajstić information content (AvgIpc) is 2.69. The fourth-order valence-electron chi connectivity index (χ4n) is 1.50. The minimum atomic E-state index is -5.09. The topological polar surface area (TPSA) is 37.8 Å². The monoisotopic (exact) mass is 300 g/mol. The Morgan fingerprint density at radius 3 is 1.90 bits per heavy atom. The highest BCUT2D eigenvalue weighted by atomic mass is 19.4. The molecule has 0 saturated carbocycles. The number of hydrogen-bond donors (Lipinski definition) is 1. The first-order chi connectivity index (χ1) is 9.14. The van der Waals surface area contributed by atoms with E-state index in [2.05, 4.69) is 0 Å². The van der Waals surface area contributed by atoms with Gasteiger partial charge in [-0.15, -0.1) is 0 Å². The summed E-state index contributed by atoms with van der Waals surface area (Å²) in [6.45, 7) is 0. The Kier molecular flexibility index (Phi) is 3.11. The van der Waals surface area contributed by atoms with E-state index in [1.165, 1.54) is 0 Å². The molecule has 1 heterocycles. The molecule has 0 fully saturated rings. The maximum absolute atomic E-state index is 13.4. The summed E-state index contributed by atoms with van der Waals surface area (Å²) in [5.74, 6) is -7.70. The van der Waals surface area contributed by atoms with Gasteiger partial charge in [0, 0.05) is 12.3 Å². The number of nitrogens with one attached hydrogen (secondary N) is 1. The molecule has 2 aromatic rings. The Hall–Kier alpha value is -2.26. The van der Waals surface area contributed by atoms with Gasteiger partial charge in [0.1, 0.15) is 11.3 Å². The summed E-state index contributed by atoms with van der Waals surface area (Å²) in [7, 11) is 0. The standard InChI is InChI=1S/C10H3F7N2O/c11-4-1-5(12)7(14)8(6(4)13)19-9(20)3(2-18-19)10(15,16)17/h1-2,18H. The second kappa shape index (κ2) is 4.39. The summed E-state index contributed by atoms with van der Waals surface area (Å²) in [6, 6.07) is -0.132. The molecule has 0 aliphatic carbocycles. The van der Waals surface area contributed by atoms with E-state index in [-0.39, 0.29) is 16.9 Å². The lowest BCUT2D eigenvalue weighted by molar-refractivity contribution is -0.138. The van der Waals surface area contributed by atoms with Crippen LogP contribution in [-0.2, 0) is 6.18 Å². The van der Waals surface area contributed by atoms with Crippen LogP contribution in [0.15, 0.2) is 17.1 Å². The second-order valence-corrected chi connectivity index (χ2v) is 3.64. The van der Waals surface area contributed by atoms with E-state index in [9.17, 15) is 35.5 Å². The second-order valence-electron chi connectivity index (χ2n) is 3.64. The van der Waals surface area contributed by atoms with E-state index in [4.69, 9.17) is 0 Å². The first-order valence-corrected chi connectivity index (χ1v) is 4.85. The minimum absolute atomic E-state index is 0.129. The first kappa shape index (κ1) is 14.2. The number of aromatic amines is 1. The van der Waals surface area contributed by atoms with Gasteiger partial charge < -0.3 is 0 Å². The quantitative estimate of drug-likeness (QED) is 0.638. The van der Waals surface area contributed by atoms with Gasteiger partial charge in [0.15, 0.2) is 23.3 Å². The third-order valence-electron chi connectivity index (χ3n) is 2.39. The van der Waals surface area contributed by atoms with Crippen molar-refractivity contribution in [1.82, 2.24) is 9.78 Å². The molecule has 1 N–H and O–H groups in total. The number of H-pyrrole nitrogens is 1. The molecule has 10 heteroatoms. The zero-order valence-electron chi connectivity index (χ0n) is 9.16. The van der Waals surface area contributed by atoms with Gasteiger partial charge >= 0.3 is 6.18 Å². The Labute approximate surface area is 105 Å². The number of aromatic nitrogens is 2. The molecule has 0 unspecified atom stereocenters. The summed E-state index contributed by atoms with van der Waals surface area (Å²) < 4.78 is 89.5. The summed E-state index contributed by atoms with van der Waals surface area (Å²) in [6.07, 6.45) is -4.96. The van der Waals surface area contributed by atoms with Gasteiger partial charge in [-0.2, -0.15) is 13.2 Å². The molecule has 0 bridgehead atoms. The molecular weight excluding hydrogens is 297 g/mol. The van der Waals surface area contributed by atoms with Crippen LogP contribution in [0.25, 0.3) is 5.69 Å². The van der Waals surface area contributed by atoms with Gasteiger partial charge in [0.05, 0.1) is 0 Å². The van der Waals surface area contributed by atoms with Crippen molar-refractivity contribution in [3.05, 3.63) is 51.4 Å². The van der Waals surface area contributed by atoms with Crippen LogP contribution in [0.3, 0.4) is 0 Å². The molecule has 108 valence electrons. The highest BCUT2D eigenvalue weighted by Crippen LogP contribution is 2.27. The highest BCUT2D eigenvalue weighted by molar-refractivity contribution is 5.36. The average molecular weight is 300 g/mol. The third kappa shape index (κ3) is 2.06. The molecule has 20 heavy (non-hydrogen) atoms. The van der Waals surface area contributed by atoms with E-state index in [1.54, 1.807) is 5.10 Å². The molecule has 3 nitrogen and oxygen atoms in total. The lowest BCUT2D eigenvalue weighted by Crippen LogP contribution is -2.24. The van der Waals surface area contributed by atoms with Crippen LogP contribution in [0.2, 0.25) is 0 Å². The molecule has 0 amide bonds. The highest BCUT2D eigenvalue weighted by Gasteiger charge is 2.36. The summed E-state index contributed by atoms with van der Waals surface area (Å²) >= 11 is 0. The van der Waals surface area contributed by atoms with Gasteiger partial charge in [-0.1, -0.05) is 0 Å². The van der Waals surface area contributed by atoms with Crippen molar-refractivity contribution in [3.8, 4) is 5.69 Å². The fraction of sp³-hybridized carbons (Fsp3) is 0.100. The molecule has 0 aliphatic rings. The summed E-state index contributed by atoms with van der Waals surface area (Å²) in [4.78, 5) is 11.4. The Morgan fingerprint density at radius 1 is 1.00 bits per heavy atom. The van der Waals surface area contributed by atoms with Gasteiger partial charge in [0.25, 0.3) is 5.56 Å². The van der Waals surface area contributed by atoms with Gasteiger partial charge in [0.2, 0.25) is 0 Å². The zero-order valence-corrected chi connectivity index (χ0v) is 9.16. The fourth-order valence-corrected chi connectivity index (χ4v) is 1.50. The van der Waals surface area contributed by atoms with Crippen molar-refractivity contribution in [2.24, 2.45) is 0 Å². The van der Waals surface area contributed by atoms with Crippen LogP contribution < -0.4 is 5.56 Å². The van der Waals surface area contributed by atoms with Crippen LogP contribution >= 0.6 is 0 Å². The number of halogens is 7. The van der Waals surface area contributed by atoms with Crippen molar-refractivity contribution in [2.45, 2.75) is 6.18 Å². The molecule has 0 radical (unpaired) electrons. The summed E-state index contributed by atoms with van der Waals surface area (Å²) in [5, 5.41) is 1.60. The van der Waals surface area contributed by atoms with E-state index in [0.29, 0.717) is 0 Å². The number of rotatable bonds is 1. The lowest BCUT2D eigenvalue weighted by atomic mass is 10.2. The van der Waals surface area contributed by atoms with E-state index < -0.39 is 46.3 Å². The number of hydrogen-bond acceptors (Lipinski definition) is 1. The van der Waals surface area contributed by atoms with Crippen LogP contribution in [-0.4, -0.2) is 9.78 Å². The van der Waals surface area contributed by atoms with Crippen molar-refractivity contribution >= 4 is 0 Å². The van der Waals surface area contributed by atoms with Crippen molar-refractivity contribution in [2.75, 3.05) is 0 Å². The van der Waals surface area contributed by atoms with Crippen LogP contribution in [0.1, 0.15) is 5.56 Å². The maximum atomic E-state index is 13.4. The van der Waals surface area contributed by atoms with Crippen LogP contribution in [0.4, 0.5) is 30.7 Å². The number of benzene rings is 1. The minimum Gasteiger partial charge on any atom is -0.297 e. The lowest BCUT2D eigenvalue weighted by Gasteiger charge is -2.06. The van der Waals surface area contributed by atoms with E-state index >= 15 is 0 Å². The molecule has 2 rings (SSSR count). The largest absolute Gasteiger partial charge is 0.423 e. The van der Waals surface area contributed by atoms with Gasteiger partial charge in [-0.3, -0.25) is 9.89 Å². The Bertz CT molecular complexity index is 702. The predicted molar refractivity (Wildman–Crippen MR) is 51.2 cm³/mol. The Morgan fingerprint density at radius 2 is 1.50 bits per heavy atom. The smallest absolute Gasteiger partial charge is 0.297 e. The van der Waals surface area contributed by atoms with Crippen molar-refractivity contribution in [1.29, 1.82) is 0 Å². The normalized spacial score (nSPS) is 11.9. The molecule has 1 aromatic carbocycles. The number of nitrogens with zero attached hydrogens (tertiary/aromatic N) is 1. The molecule has 0 saturated heterocycles. The van der Waals surface area contributed by atoms with Crippen LogP contribution in [0.5, 0.6) is 0 Å². The van der Waals surface area contributed by atoms with Gasteiger partial charge in [-0.05, 0) is 0 Å². The molecule has 0 spiro atoms. The molecule has 0 atom stereocenters. The molecule has 0 aliphatic heterocycles. The van der Waals surface area contributed by atoms with E-state index in [0.717, 1.165) is 0 Å². The van der Waals surface area contributed by atoms with Crippen LogP contribution in [0, 0.1) is 23.3 Å². The van der Waals surface area contributed by atoms with Gasteiger partial charge in [-0.25, -0.2) is 22.2 Å².